The Balaban J connectivity index is 1.78. The molecule has 156 valence electrons. The van der Waals surface area contributed by atoms with Crippen LogP contribution in [0, 0.1) is 32.3 Å². The van der Waals surface area contributed by atoms with Gasteiger partial charge in [-0.05, 0) is 100.0 Å². The zero-order valence-corrected chi connectivity index (χ0v) is 21.4. The Morgan fingerprint density at radius 2 is 1.71 bits per heavy atom. The molecule has 6 heteroatoms. The molecule has 0 heterocycles. The van der Waals surface area contributed by atoms with Gasteiger partial charge in [-0.25, -0.2) is 0 Å². The van der Waals surface area contributed by atoms with Crippen LogP contribution in [0.25, 0.3) is 6.08 Å². The Morgan fingerprint density at radius 1 is 1.06 bits per heavy atom. The molecule has 1 amide bonds. The highest BCUT2D eigenvalue weighted by atomic mass is 127. The van der Waals surface area contributed by atoms with Crippen molar-refractivity contribution in [3.8, 4) is 11.8 Å². The van der Waals surface area contributed by atoms with Gasteiger partial charge in [0.15, 0.2) is 0 Å². The van der Waals surface area contributed by atoms with Crippen LogP contribution >= 0.6 is 45.2 Å². The number of para-hydroxylation sites is 1. The molecule has 4 nitrogen and oxygen atoms in total. The molecule has 0 fully saturated rings. The van der Waals surface area contributed by atoms with E-state index in [0.717, 1.165) is 29.6 Å². The summed E-state index contributed by atoms with van der Waals surface area (Å²) in [7, 11) is 0. The van der Waals surface area contributed by atoms with Crippen LogP contribution in [0.5, 0.6) is 5.75 Å². The van der Waals surface area contributed by atoms with Gasteiger partial charge in [-0.15, -0.1) is 0 Å². The summed E-state index contributed by atoms with van der Waals surface area (Å²) in [4.78, 5) is 12.6. The second-order valence-electron chi connectivity index (χ2n) is 7.03. The number of rotatable bonds is 6. The summed E-state index contributed by atoms with van der Waals surface area (Å²) in [5.74, 6) is 0.364. The number of halogens is 2. The zero-order valence-electron chi connectivity index (χ0n) is 17.1. The molecule has 0 aliphatic carbocycles. The third-order valence-electron chi connectivity index (χ3n) is 4.59. The van der Waals surface area contributed by atoms with E-state index >= 15 is 0 Å². The normalized spacial score (nSPS) is 11.0. The lowest BCUT2D eigenvalue weighted by atomic mass is 10.1. The number of carbonyl (C=O) groups is 1. The van der Waals surface area contributed by atoms with E-state index in [4.69, 9.17) is 4.74 Å². The molecule has 0 aliphatic heterocycles. The molecule has 0 radical (unpaired) electrons. The van der Waals surface area contributed by atoms with Gasteiger partial charge in [0.1, 0.15) is 24.0 Å². The lowest BCUT2D eigenvalue weighted by Crippen LogP contribution is -2.14. The molecule has 0 bridgehead atoms. The maximum atomic E-state index is 12.6. The fourth-order valence-electron chi connectivity index (χ4n) is 2.86. The van der Waals surface area contributed by atoms with E-state index in [1.54, 1.807) is 6.08 Å². The van der Waals surface area contributed by atoms with Crippen LogP contribution in [0.4, 0.5) is 5.69 Å². The van der Waals surface area contributed by atoms with Crippen LogP contribution in [-0.2, 0) is 11.4 Å². The van der Waals surface area contributed by atoms with Crippen LogP contribution in [0.1, 0.15) is 22.3 Å². The van der Waals surface area contributed by atoms with Crippen molar-refractivity contribution < 1.29 is 9.53 Å². The van der Waals surface area contributed by atoms with E-state index in [1.165, 1.54) is 5.56 Å². The first-order valence-corrected chi connectivity index (χ1v) is 11.7. The topological polar surface area (TPSA) is 62.1 Å². The minimum atomic E-state index is -0.429. The number of carbonyl (C=O) groups excluding carboxylic acids is 1. The second kappa shape index (κ2) is 10.8. The highest BCUT2D eigenvalue weighted by Crippen LogP contribution is 2.30. The average molecular weight is 634 g/mol. The van der Waals surface area contributed by atoms with Gasteiger partial charge in [-0.1, -0.05) is 48.0 Å². The minimum absolute atomic E-state index is 0.0446. The molecular weight excluding hydrogens is 614 g/mol. The molecule has 0 atom stereocenters. The van der Waals surface area contributed by atoms with E-state index in [1.807, 2.05) is 49.4 Å². The predicted octanol–water partition coefficient (Wildman–Crippen LogP) is 6.64. The molecule has 3 rings (SSSR count). The van der Waals surface area contributed by atoms with E-state index in [9.17, 15) is 10.1 Å². The zero-order chi connectivity index (χ0) is 22.4. The molecule has 3 aromatic carbocycles. The number of nitriles is 1. The van der Waals surface area contributed by atoms with Gasteiger partial charge in [0.2, 0.25) is 0 Å². The van der Waals surface area contributed by atoms with Crippen molar-refractivity contribution in [2.45, 2.75) is 20.5 Å². The number of amides is 1. The van der Waals surface area contributed by atoms with E-state index in [0.29, 0.717) is 12.3 Å². The summed E-state index contributed by atoms with van der Waals surface area (Å²) in [6, 6.07) is 21.5. The molecule has 31 heavy (non-hydrogen) atoms. The van der Waals surface area contributed by atoms with Gasteiger partial charge in [0.05, 0.1) is 7.14 Å². The molecule has 0 aromatic heterocycles. The number of ether oxygens (including phenoxy) is 1. The van der Waals surface area contributed by atoms with Gasteiger partial charge in [0, 0.05) is 5.69 Å². The fourth-order valence-corrected chi connectivity index (χ4v) is 4.99. The standard InChI is InChI=1S/C25H20I2N2O2/c1-16-7-9-18(10-8-16)15-31-24-21(26)12-19(13-22(24)27)11-20(14-28)25(30)29-23-6-4-3-5-17(23)2/h3-13H,15H2,1-2H3,(H,29,30)/b20-11-. The molecule has 0 aliphatic rings. The van der Waals surface area contributed by atoms with Gasteiger partial charge < -0.3 is 10.1 Å². The van der Waals surface area contributed by atoms with Crippen LogP contribution in [0.2, 0.25) is 0 Å². The van der Waals surface area contributed by atoms with Crippen LogP contribution in [-0.4, -0.2) is 5.91 Å². The molecular formula is C25H20I2N2O2. The highest BCUT2D eigenvalue weighted by molar-refractivity contribution is 14.1. The van der Waals surface area contributed by atoms with Gasteiger partial charge >= 0.3 is 0 Å². The maximum absolute atomic E-state index is 12.6. The monoisotopic (exact) mass is 634 g/mol. The van der Waals surface area contributed by atoms with Gasteiger partial charge in [-0.3, -0.25) is 4.79 Å². The number of anilines is 1. The summed E-state index contributed by atoms with van der Waals surface area (Å²) < 4.78 is 7.87. The molecule has 0 unspecified atom stereocenters. The van der Waals surface area contributed by atoms with Crippen LogP contribution in [0.15, 0.2) is 66.2 Å². The second-order valence-corrected chi connectivity index (χ2v) is 9.35. The third-order valence-corrected chi connectivity index (χ3v) is 6.20. The molecule has 0 saturated carbocycles. The highest BCUT2D eigenvalue weighted by Gasteiger charge is 2.13. The number of benzene rings is 3. The van der Waals surface area contributed by atoms with Crippen molar-refractivity contribution in [1.29, 1.82) is 5.26 Å². The molecule has 3 aromatic rings. The van der Waals surface area contributed by atoms with Crippen molar-refractivity contribution in [3.63, 3.8) is 0 Å². The van der Waals surface area contributed by atoms with Crippen molar-refractivity contribution in [2.24, 2.45) is 0 Å². The Bertz CT molecular complexity index is 1160. The summed E-state index contributed by atoms with van der Waals surface area (Å²) in [5.41, 5.74) is 4.76. The number of nitrogens with one attached hydrogen (secondary N) is 1. The number of hydrogen-bond acceptors (Lipinski definition) is 3. The number of aryl methyl sites for hydroxylation is 2. The molecule has 1 N–H and O–H groups in total. The molecule has 0 saturated heterocycles. The Kier molecular flexibility index (Phi) is 8.09. The van der Waals surface area contributed by atoms with Crippen LogP contribution < -0.4 is 10.1 Å². The summed E-state index contributed by atoms with van der Waals surface area (Å²) >= 11 is 4.43. The average Bonchev–Trinajstić information content (AvgIpc) is 2.74. The predicted molar refractivity (Wildman–Crippen MR) is 141 cm³/mol. The smallest absolute Gasteiger partial charge is 0.266 e. The largest absolute Gasteiger partial charge is 0.487 e. The first-order valence-electron chi connectivity index (χ1n) is 9.53. The molecule has 0 spiro atoms. The van der Waals surface area contributed by atoms with Gasteiger partial charge in [0.25, 0.3) is 5.91 Å². The SMILES string of the molecule is Cc1ccc(COc2c(I)cc(/C=C(/C#N)C(=O)Nc3ccccc3C)cc2I)cc1. The number of hydrogen-bond donors (Lipinski definition) is 1. The first kappa shape index (κ1) is 23.3. The van der Waals surface area contributed by atoms with E-state index in [-0.39, 0.29) is 5.57 Å². The Morgan fingerprint density at radius 3 is 2.32 bits per heavy atom. The lowest BCUT2D eigenvalue weighted by molar-refractivity contribution is -0.112. The van der Waals surface area contributed by atoms with E-state index < -0.39 is 5.91 Å². The fraction of sp³-hybridized carbons (Fsp3) is 0.120. The number of nitrogens with zero attached hydrogens (tertiary/aromatic N) is 1. The van der Waals surface area contributed by atoms with Crippen molar-refractivity contribution in [1.82, 2.24) is 0 Å². The van der Waals surface area contributed by atoms with E-state index in [2.05, 4.69) is 81.7 Å². The van der Waals surface area contributed by atoms with Crippen molar-refractivity contribution in [2.75, 3.05) is 5.32 Å². The first-order chi connectivity index (χ1) is 14.9. The summed E-state index contributed by atoms with van der Waals surface area (Å²) in [6.07, 6.45) is 1.60. The van der Waals surface area contributed by atoms with Crippen molar-refractivity contribution in [3.05, 3.63) is 95.6 Å². The lowest BCUT2D eigenvalue weighted by Gasteiger charge is -2.12. The quantitative estimate of drug-likeness (QED) is 0.188. The Hall–Kier alpha value is -2.38. The maximum Gasteiger partial charge on any atom is 0.266 e. The summed E-state index contributed by atoms with van der Waals surface area (Å²) in [6.45, 7) is 4.44. The summed E-state index contributed by atoms with van der Waals surface area (Å²) in [5, 5.41) is 12.3. The third kappa shape index (κ3) is 6.31. The van der Waals surface area contributed by atoms with Crippen molar-refractivity contribution >= 4 is 62.9 Å². The minimum Gasteiger partial charge on any atom is -0.487 e. The van der Waals surface area contributed by atoms with Gasteiger partial charge in [-0.2, -0.15) is 5.26 Å². The van der Waals surface area contributed by atoms with Crippen LogP contribution in [0.3, 0.4) is 0 Å². The Labute approximate surface area is 209 Å².